The molecule has 1 saturated heterocycles. The molecule has 1 aromatic heterocycles. The van der Waals surface area contributed by atoms with Crippen LogP contribution in [0.3, 0.4) is 0 Å². The zero-order valence-corrected chi connectivity index (χ0v) is 14.7. The molecular weight excluding hydrogens is 323 g/mol. The van der Waals surface area contributed by atoms with Gasteiger partial charge in [0, 0.05) is 19.1 Å². The quantitative estimate of drug-likeness (QED) is 0.873. The van der Waals surface area contributed by atoms with E-state index in [4.69, 9.17) is 5.73 Å². The number of halogens is 1. The fourth-order valence-electron chi connectivity index (χ4n) is 3.21. The lowest BCUT2D eigenvalue weighted by molar-refractivity contribution is 0.0524. The minimum absolute atomic E-state index is 0.00463. The van der Waals surface area contributed by atoms with Gasteiger partial charge in [0.05, 0.1) is 11.9 Å². The number of nitrogens with two attached hydrogens (primary N) is 1. The molecule has 134 valence electrons. The van der Waals surface area contributed by atoms with Crippen LogP contribution in [0.5, 0.6) is 5.75 Å². The molecule has 0 bridgehead atoms. The lowest BCUT2D eigenvalue weighted by atomic mass is 9.79. The van der Waals surface area contributed by atoms with Gasteiger partial charge < -0.3 is 15.7 Å². The van der Waals surface area contributed by atoms with E-state index in [1.807, 2.05) is 13.8 Å². The van der Waals surface area contributed by atoms with Crippen molar-refractivity contribution < 1.29 is 14.3 Å². The van der Waals surface area contributed by atoms with Crippen LogP contribution in [-0.4, -0.2) is 44.8 Å². The van der Waals surface area contributed by atoms with Crippen LogP contribution in [-0.2, 0) is 0 Å². The van der Waals surface area contributed by atoms with Crippen LogP contribution in [0.25, 0.3) is 5.69 Å². The van der Waals surface area contributed by atoms with Crippen LogP contribution in [0.15, 0.2) is 24.4 Å². The van der Waals surface area contributed by atoms with E-state index in [0.29, 0.717) is 30.8 Å². The Morgan fingerprint density at radius 1 is 1.44 bits per heavy atom. The average Bonchev–Trinajstić information content (AvgIpc) is 2.90. The number of hydrogen-bond acceptors (Lipinski definition) is 4. The SMILES string of the molecule is Cc1cc(F)ccc1-n1cc(O)c(C(=O)N2CCC(N)C(C)(C)C2)n1. The first-order valence-corrected chi connectivity index (χ1v) is 8.29. The van der Waals surface area contributed by atoms with Crippen molar-refractivity contribution in [2.24, 2.45) is 11.1 Å². The van der Waals surface area contributed by atoms with E-state index >= 15 is 0 Å². The third kappa shape index (κ3) is 3.24. The molecule has 1 unspecified atom stereocenters. The van der Waals surface area contributed by atoms with E-state index in [2.05, 4.69) is 5.10 Å². The van der Waals surface area contributed by atoms with Crippen LogP contribution < -0.4 is 5.73 Å². The minimum Gasteiger partial charge on any atom is -0.504 e. The molecule has 1 aliphatic rings. The molecule has 1 atom stereocenters. The summed E-state index contributed by atoms with van der Waals surface area (Å²) in [6.45, 7) is 6.84. The smallest absolute Gasteiger partial charge is 0.278 e. The molecule has 1 aliphatic heterocycles. The van der Waals surface area contributed by atoms with Crippen LogP contribution >= 0.6 is 0 Å². The maximum atomic E-state index is 13.3. The van der Waals surface area contributed by atoms with Gasteiger partial charge in [-0.05, 0) is 42.5 Å². The second kappa shape index (κ2) is 6.15. The Hall–Kier alpha value is -2.41. The predicted molar refractivity (Wildman–Crippen MR) is 92.2 cm³/mol. The Kier molecular flexibility index (Phi) is 4.28. The molecule has 0 radical (unpaired) electrons. The summed E-state index contributed by atoms with van der Waals surface area (Å²) in [5.41, 5.74) is 7.18. The molecular formula is C18H23FN4O2. The van der Waals surface area contributed by atoms with Gasteiger partial charge in [-0.25, -0.2) is 9.07 Å². The highest BCUT2D eigenvalue weighted by molar-refractivity contribution is 5.95. The van der Waals surface area contributed by atoms with Crippen LogP contribution in [0.1, 0.15) is 36.3 Å². The molecule has 1 fully saturated rings. The number of amides is 1. The zero-order chi connectivity index (χ0) is 18.4. The van der Waals surface area contributed by atoms with Gasteiger partial charge in [-0.15, -0.1) is 0 Å². The van der Waals surface area contributed by atoms with Crippen molar-refractivity contribution in [3.05, 3.63) is 41.5 Å². The number of likely N-dealkylation sites (tertiary alicyclic amines) is 1. The lowest BCUT2D eigenvalue weighted by Gasteiger charge is -2.42. The third-order valence-electron chi connectivity index (χ3n) is 4.90. The van der Waals surface area contributed by atoms with Crippen molar-refractivity contribution in [2.75, 3.05) is 13.1 Å². The summed E-state index contributed by atoms with van der Waals surface area (Å²) in [6.07, 6.45) is 2.07. The van der Waals surface area contributed by atoms with Gasteiger partial charge in [-0.3, -0.25) is 4.79 Å². The van der Waals surface area contributed by atoms with Crippen molar-refractivity contribution in [1.82, 2.24) is 14.7 Å². The van der Waals surface area contributed by atoms with Crippen LogP contribution in [0.2, 0.25) is 0 Å². The first-order chi connectivity index (χ1) is 11.7. The van der Waals surface area contributed by atoms with Gasteiger partial charge in [-0.1, -0.05) is 13.8 Å². The lowest BCUT2D eigenvalue weighted by Crippen LogP contribution is -2.54. The Balaban J connectivity index is 1.89. The van der Waals surface area contributed by atoms with Crippen molar-refractivity contribution >= 4 is 5.91 Å². The normalized spacial score (nSPS) is 19.9. The molecule has 0 aliphatic carbocycles. The Morgan fingerprint density at radius 3 is 2.80 bits per heavy atom. The summed E-state index contributed by atoms with van der Waals surface area (Å²) in [6, 6.07) is 4.29. The number of nitrogens with zero attached hydrogens (tertiary/aromatic N) is 3. The maximum absolute atomic E-state index is 13.3. The number of benzene rings is 1. The fourth-order valence-corrected chi connectivity index (χ4v) is 3.21. The standard InChI is InChI=1S/C18H23FN4O2/c1-11-8-12(19)4-5-13(11)23-9-14(24)16(21-23)17(25)22-7-6-15(20)18(2,3)10-22/h4-5,8-9,15,24H,6-7,10,20H2,1-3H3. The molecule has 3 rings (SSSR count). The second-order valence-electron chi connectivity index (χ2n) is 7.35. The summed E-state index contributed by atoms with van der Waals surface area (Å²) >= 11 is 0. The highest BCUT2D eigenvalue weighted by Crippen LogP contribution is 2.30. The number of carbonyl (C=O) groups excluding carboxylic acids is 1. The Labute approximate surface area is 146 Å². The highest BCUT2D eigenvalue weighted by atomic mass is 19.1. The van der Waals surface area contributed by atoms with Crippen molar-refractivity contribution in [1.29, 1.82) is 0 Å². The summed E-state index contributed by atoms with van der Waals surface area (Å²) in [7, 11) is 0. The topological polar surface area (TPSA) is 84.4 Å². The predicted octanol–water partition coefficient (Wildman–Crippen LogP) is 2.22. The number of rotatable bonds is 2. The molecule has 2 heterocycles. The average molecular weight is 346 g/mol. The molecule has 25 heavy (non-hydrogen) atoms. The molecule has 6 nitrogen and oxygen atoms in total. The maximum Gasteiger partial charge on any atom is 0.278 e. The summed E-state index contributed by atoms with van der Waals surface area (Å²) < 4.78 is 14.7. The molecule has 2 aromatic rings. The summed E-state index contributed by atoms with van der Waals surface area (Å²) in [4.78, 5) is 14.5. The first-order valence-electron chi connectivity index (χ1n) is 8.29. The largest absolute Gasteiger partial charge is 0.504 e. The highest BCUT2D eigenvalue weighted by Gasteiger charge is 2.37. The van der Waals surface area contributed by atoms with E-state index < -0.39 is 0 Å². The number of hydrogen-bond donors (Lipinski definition) is 2. The monoisotopic (exact) mass is 346 g/mol. The van der Waals surface area contributed by atoms with Gasteiger partial charge in [0.1, 0.15) is 5.82 Å². The molecule has 3 N–H and O–H groups in total. The fraction of sp³-hybridized carbons (Fsp3) is 0.444. The molecule has 0 saturated carbocycles. The van der Waals surface area contributed by atoms with E-state index in [1.54, 1.807) is 17.9 Å². The van der Waals surface area contributed by atoms with Gasteiger partial charge in [0.25, 0.3) is 5.91 Å². The van der Waals surface area contributed by atoms with E-state index in [1.165, 1.54) is 23.0 Å². The van der Waals surface area contributed by atoms with Crippen LogP contribution in [0.4, 0.5) is 4.39 Å². The van der Waals surface area contributed by atoms with Crippen molar-refractivity contribution in [3.63, 3.8) is 0 Å². The molecule has 7 heteroatoms. The van der Waals surface area contributed by atoms with E-state index in [0.717, 1.165) is 0 Å². The van der Waals surface area contributed by atoms with Crippen LogP contribution in [0, 0.1) is 18.2 Å². The van der Waals surface area contributed by atoms with E-state index in [9.17, 15) is 14.3 Å². The number of aromatic hydroxyl groups is 1. The number of aromatic nitrogens is 2. The zero-order valence-electron chi connectivity index (χ0n) is 14.7. The minimum atomic E-state index is -0.346. The molecule has 1 aromatic carbocycles. The summed E-state index contributed by atoms with van der Waals surface area (Å²) in [5.74, 6) is -0.863. The van der Waals surface area contributed by atoms with E-state index in [-0.39, 0.29) is 34.6 Å². The summed E-state index contributed by atoms with van der Waals surface area (Å²) in [5, 5.41) is 14.4. The Morgan fingerprint density at radius 2 is 2.16 bits per heavy atom. The number of piperidine rings is 1. The third-order valence-corrected chi connectivity index (χ3v) is 4.90. The van der Waals surface area contributed by atoms with Gasteiger partial charge in [0.15, 0.2) is 11.4 Å². The second-order valence-corrected chi connectivity index (χ2v) is 7.35. The van der Waals surface area contributed by atoms with Gasteiger partial charge >= 0.3 is 0 Å². The number of aryl methyl sites for hydroxylation is 1. The van der Waals surface area contributed by atoms with Gasteiger partial charge in [0.2, 0.25) is 0 Å². The Bertz CT molecular complexity index is 815. The first kappa shape index (κ1) is 17.4. The van der Waals surface area contributed by atoms with Crippen molar-refractivity contribution in [3.8, 4) is 11.4 Å². The van der Waals surface area contributed by atoms with Gasteiger partial charge in [-0.2, -0.15) is 5.10 Å². The van der Waals surface area contributed by atoms with Crippen molar-refractivity contribution in [2.45, 2.75) is 33.2 Å². The number of carbonyl (C=O) groups is 1. The molecule has 0 spiro atoms. The molecule has 1 amide bonds.